The van der Waals surface area contributed by atoms with E-state index in [1.165, 1.54) is 16.9 Å². The predicted molar refractivity (Wildman–Crippen MR) is 140 cm³/mol. The van der Waals surface area contributed by atoms with Gasteiger partial charge in [0.15, 0.2) is 5.96 Å². The monoisotopic (exact) mass is 533 g/mol. The zero-order valence-corrected chi connectivity index (χ0v) is 20.7. The van der Waals surface area contributed by atoms with Crippen LogP contribution in [0.5, 0.6) is 5.75 Å². The van der Waals surface area contributed by atoms with Gasteiger partial charge in [-0.2, -0.15) is 0 Å². The summed E-state index contributed by atoms with van der Waals surface area (Å²) in [6.45, 7) is 6.60. The first-order chi connectivity index (χ1) is 14.8. The average molecular weight is 533 g/mol. The van der Waals surface area contributed by atoms with Crippen LogP contribution in [0.1, 0.15) is 5.56 Å². The van der Waals surface area contributed by atoms with Gasteiger partial charge in [0, 0.05) is 70.3 Å². The highest BCUT2D eigenvalue weighted by Gasteiger charge is 2.20. The van der Waals surface area contributed by atoms with E-state index in [1.54, 1.807) is 7.11 Å². The number of hydrogen-bond acceptors (Lipinski definition) is 4. The molecular formula is C24H32IN5O. The van der Waals surface area contributed by atoms with Crippen molar-refractivity contribution in [1.82, 2.24) is 10.2 Å². The van der Waals surface area contributed by atoms with E-state index in [9.17, 15) is 0 Å². The Hall–Kier alpha value is -2.42. The van der Waals surface area contributed by atoms with Crippen LogP contribution < -0.4 is 19.9 Å². The highest BCUT2D eigenvalue weighted by molar-refractivity contribution is 14.0. The van der Waals surface area contributed by atoms with Crippen LogP contribution in [0.3, 0.4) is 0 Å². The summed E-state index contributed by atoms with van der Waals surface area (Å²) in [7, 11) is 3.57. The van der Waals surface area contributed by atoms with E-state index in [2.05, 4.69) is 73.6 Å². The van der Waals surface area contributed by atoms with Crippen molar-refractivity contribution in [3.8, 4) is 5.75 Å². The van der Waals surface area contributed by atoms with Gasteiger partial charge in [-0.3, -0.25) is 4.99 Å². The van der Waals surface area contributed by atoms with Gasteiger partial charge in [0.05, 0.1) is 7.11 Å². The molecule has 1 N–H and O–H groups in total. The first-order valence-electron chi connectivity index (χ1n) is 10.6. The Morgan fingerprint density at radius 3 is 2.29 bits per heavy atom. The number of hydrogen-bond donors (Lipinski definition) is 1. The molecule has 31 heavy (non-hydrogen) atoms. The van der Waals surface area contributed by atoms with Crippen molar-refractivity contribution >= 4 is 41.3 Å². The second kappa shape index (κ2) is 11.3. The minimum absolute atomic E-state index is 0. The highest BCUT2D eigenvalue weighted by atomic mass is 127. The van der Waals surface area contributed by atoms with E-state index in [1.807, 2.05) is 19.2 Å². The molecule has 4 rings (SSSR count). The molecule has 2 aliphatic rings. The van der Waals surface area contributed by atoms with Gasteiger partial charge in [0.2, 0.25) is 0 Å². The first-order valence-corrected chi connectivity index (χ1v) is 10.6. The first kappa shape index (κ1) is 23.2. The molecule has 0 unspecified atom stereocenters. The summed E-state index contributed by atoms with van der Waals surface area (Å²) < 4.78 is 5.36. The number of halogens is 1. The molecule has 0 spiro atoms. The zero-order chi connectivity index (χ0) is 20.8. The molecule has 0 bridgehead atoms. The van der Waals surface area contributed by atoms with Gasteiger partial charge in [-0.25, -0.2) is 0 Å². The van der Waals surface area contributed by atoms with Gasteiger partial charge in [-0.1, -0.05) is 30.4 Å². The van der Waals surface area contributed by atoms with Gasteiger partial charge in [0.25, 0.3) is 0 Å². The van der Waals surface area contributed by atoms with Crippen molar-refractivity contribution in [1.29, 1.82) is 0 Å². The number of anilines is 2. The third-order valence-corrected chi connectivity index (χ3v) is 5.78. The summed E-state index contributed by atoms with van der Waals surface area (Å²) in [4.78, 5) is 11.6. The number of piperazine rings is 1. The highest BCUT2D eigenvalue weighted by Crippen LogP contribution is 2.22. The number of nitrogens with one attached hydrogen (secondary N) is 1. The molecule has 1 fully saturated rings. The van der Waals surface area contributed by atoms with Crippen LogP contribution in [0.2, 0.25) is 0 Å². The molecule has 166 valence electrons. The molecule has 0 atom stereocenters. The Morgan fingerprint density at radius 2 is 1.65 bits per heavy atom. The van der Waals surface area contributed by atoms with E-state index < -0.39 is 0 Å². The Balaban J connectivity index is 0.00000272. The average Bonchev–Trinajstić information content (AvgIpc) is 3.35. The molecule has 0 radical (unpaired) electrons. The largest absolute Gasteiger partial charge is 0.497 e. The summed E-state index contributed by atoms with van der Waals surface area (Å²) >= 11 is 0. The minimum atomic E-state index is 0. The maximum Gasteiger partial charge on any atom is 0.194 e. The fraction of sp³-hybridized carbons (Fsp3) is 0.375. The van der Waals surface area contributed by atoms with Crippen LogP contribution in [0, 0.1) is 0 Å². The number of nitrogens with zero attached hydrogens (tertiary/aromatic N) is 4. The number of rotatable bonds is 5. The van der Waals surface area contributed by atoms with Crippen LogP contribution in [0.15, 0.2) is 65.7 Å². The third kappa shape index (κ3) is 5.84. The normalized spacial score (nSPS) is 16.3. The SMILES string of the molecule is CN=C(NCc1ccc(N2CC=CC2)cc1)N1CCN(c2cccc(OC)c2)CC1.I. The van der Waals surface area contributed by atoms with Crippen LogP contribution in [-0.4, -0.2) is 64.3 Å². The van der Waals surface area contributed by atoms with Crippen molar-refractivity contribution in [3.05, 3.63) is 66.2 Å². The molecule has 0 aliphatic carbocycles. The lowest BCUT2D eigenvalue weighted by molar-refractivity contribution is 0.372. The quantitative estimate of drug-likeness (QED) is 0.276. The molecular weight excluding hydrogens is 501 g/mol. The lowest BCUT2D eigenvalue weighted by Crippen LogP contribution is -2.52. The second-order valence-electron chi connectivity index (χ2n) is 7.62. The number of ether oxygens (including phenoxy) is 1. The molecule has 6 nitrogen and oxygen atoms in total. The lowest BCUT2D eigenvalue weighted by Gasteiger charge is -2.37. The third-order valence-electron chi connectivity index (χ3n) is 5.78. The van der Waals surface area contributed by atoms with E-state index in [0.29, 0.717) is 0 Å². The van der Waals surface area contributed by atoms with Crippen LogP contribution in [0.25, 0.3) is 0 Å². The van der Waals surface area contributed by atoms with Crippen molar-refractivity contribution in [2.75, 3.05) is 63.2 Å². The number of aliphatic imine (C=N–C) groups is 1. The Morgan fingerprint density at radius 1 is 0.935 bits per heavy atom. The van der Waals surface area contributed by atoms with Crippen molar-refractivity contribution in [2.24, 2.45) is 4.99 Å². The van der Waals surface area contributed by atoms with E-state index in [0.717, 1.165) is 57.5 Å². The topological polar surface area (TPSA) is 43.3 Å². The zero-order valence-electron chi connectivity index (χ0n) is 18.3. The summed E-state index contributed by atoms with van der Waals surface area (Å²) in [6.07, 6.45) is 4.43. The molecule has 2 aliphatic heterocycles. The van der Waals surface area contributed by atoms with Crippen LogP contribution >= 0.6 is 24.0 Å². The molecule has 0 saturated carbocycles. The fourth-order valence-corrected chi connectivity index (χ4v) is 4.01. The van der Waals surface area contributed by atoms with E-state index >= 15 is 0 Å². The number of benzene rings is 2. The summed E-state index contributed by atoms with van der Waals surface area (Å²) in [5.41, 5.74) is 3.76. The maximum atomic E-state index is 5.36. The van der Waals surface area contributed by atoms with Gasteiger partial charge in [-0.15, -0.1) is 24.0 Å². The van der Waals surface area contributed by atoms with Crippen LogP contribution in [0.4, 0.5) is 11.4 Å². The fourth-order valence-electron chi connectivity index (χ4n) is 4.01. The Kier molecular flexibility index (Phi) is 8.45. The maximum absolute atomic E-state index is 5.36. The van der Waals surface area contributed by atoms with Gasteiger partial charge in [0.1, 0.15) is 5.75 Å². The van der Waals surface area contributed by atoms with Gasteiger partial charge >= 0.3 is 0 Å². The predicted octanol–water partition coefficient (Wildman–Crippen LogP) is 3.59. The number of methoxy groups -OCH3 is 1. The van der Waals surface area contributed by atoms with Crippen LogP contribution in [-0.2, 0) is 6.54 Å². The van der Waals surface area contributed by atoms with Crippen molar-refractivity contribution in [2.45, 2.75) is 6.54 Å². The summed E-state index contributed by atoms with van der Waals surface area (Å²) in [5.74, 6) is 1.87. The molecule has 2 heterocycles. The Bertz CT molecular complexity index is 883. The number of guanidine groups is 1. The van der Waals surface area contributed by atoms with Gasteiger partial charge in [-0.05, 0) is 29.8 Å². The smallest absolute Gasteiger partial charge is 0.194 e. The van der Waals surface area contributed by atoms with E-state index in [4.69, 9.17) is 4.74 Å². The molecule has 2 aromatic carbocycles. The standard InChI is InChI=1S/C24H31N5O.HI/c1-25-24(26-19-20-8-10-21(11-9-20)27-12-3-4-13-27)29-16-14-28(15-17-29)22-6-5-7-23(18-22)30-2;/h3-11,18H,12-17,19H2,1-2H3,(H,25,26);1H. The summed E-state index contributed by atoms with van der Waals surface area (Å²) in [5, 5.41) is 3.53. The minimum Gasteiger partial charge on any atom is -0.497 e. The molecule has 7 heteroatoms. The molecule has 0 aromatic heterocycles. The summed E-state index contributed by atoms with van der Waals surface area (Å²) in [6, 6.07) is 17.1. The Labute approximate surface area is 202 Å². The van der Waals surface area contributed by atoms with Gasteiger partial charge < -0.3 is 24.8 Å². The lowest BCUT2D eigenvalue weighted by atomic mass is 10.2. The van der Waals surface area contributed by atoms with Crippen molar-refractivity contribution in [3.63, 3.8) is 0 Å². The molecule has 0 amide bonds. The second-order valence-corrected chi connectivity index (χ2v) is 7.62. The molecule has 1 saturated heterocycles. The molecule has 2 aromatic rings. The van der Waals surface area contributed by atoms with Crippen molar-refractivity contribution < 1.29 is 4.74 Å². The van der Waals surface area contributed by atoms with E-state index in [-0.39, 0.29) is 24.0 Å².